The molecule has 2 N–H and O–H groups in total. The number of ketones is 1. The average molecular weight is 444 g/mol. The van der Waals surface area contributed by atoms with E-state index in [0.29, 0.717) is 39.8 Å². The lowest BCUT2D eigenvalue weighted by Gasteiger charge is -2.35. The van der Waals surface area contributed by atoms with E-state index >= 15 is 0 Å². The summed E-state index contributed by atoms with van der Waals surface area (Å²) in [4.78, 5) is 25.9. The van der Waals surface area contributed by atoms with Gasteiger partial charge in [0.1, 0.15) is 11.3 Å². The Morgan fingerprint density at radius 2 is 1.87 bits per heavy atom. The van der Waals surface area contributed by atoms with Gasteiger partial charge in [0.05, 0.1) is 13.0 Å². The van der Waals surface area contributed by atoms with Crippen molar-refractivity contribution in [2.45, 2.75) is 24.7 Å². The van der Waals surface area contributed by atoms with Gasteiger partial charge in [0.25, 0.3) is 0 Å². The fourth-order valence-corrected chi connectivity index (χ4v) is 4.64. The van der Waals surface area contributed by atoms with Crippen molar-refractivity contribution < 1.29 is 19.1 Å². The average Bonchev–Trinajstić information content (AvgIpc) is 2.73. The number of rotatable bonds is 3. The quantitative estimate of drug-likeness (QED) is 0.685. The van der Waals surface area contributed by atoms with Crippen molar-refractivity contribution in [3.05, 3.63) is 92.5 Å². The van der Waals surface area contributed by atoms with Crippen LogP contribution in [0.2, 0.25) is 10.0 Å². The van der Waals surface area contributed by atoms with Gasteiger partial charge >= 0.3 is 5.97 Å². The third-order valence-electron chi connectivity index (χ3n) is 5.49. The molecule has 30 heavy (non-hydrogen) atoms. The maximum Gasteiger partial charge on any atom is 0.340 e. The van der Waals surface area contributed by atoms with Crippen LogP contribution in [0.1, 0.15) is 35.8 Å². The minimum absolute atomic E-state index is 0.0359. The van der Waals surface area contributed by atoms with E-state index in [4.69, 9.17) is 38.4 Å². The largest absolute Gasteiger partial charge is 0.465 e. The van der Waals surface area contributed by atoms with Crippen LogP contribution in [0, 0.1) is 0 Å². The van der Waals surface area contributed by atoms with E-state index in [1.807, 2.05) is 30.3 Å². The number of carbonyl (C=O) groups is 2. The van der Waals surface area contributed by atoms with Gasteiger partial charge in [-0.3, -0.25) is 4.79 Å². The lowest BCUT2D eigenvalue weighted by molar-refractivity contribution is -0.136. The number of Topliss-reactive ketones (excluding diaryl/α,β-unsaturated/α-hetero) is 1. The molecule has 0 saturated carbocycles. The van der Waals surface area contributed by atoms with Crippen LogP contribution in [0.4, 0.5) is 0 Å². The minimum Gasteiger partial charge on any atom is -0.465 e. The first kappa shape index (κ1) is 20.5. The van der Waals surface area contributed by atoms with Crippen molar-refractivity contribution >= 4 is 35.0 Å². The Morgan fingerprint density at radius 1 is 1.13 bits per heavy atom. The molecule has 0 aromatic heterocycles. The first-order chi connectivity index (χ1) is 14.4. The summed E-state index contributed by atoms with van der Waals surface area (Å²) in [6, 6.07) is 14.7. The number of ether oxygens (including phenoxy) is 2. The number of allylic oxidation sites excluding steroid dienone is 2. The molecule has 4 rings (SSSR count). The smallest absolute Gasteiger partial charge is 0.340 e. The van der Waals surface area contributed by atoms with Crippen molar-refractivity contribution in [2.75, 3.05) is 7.11 Å². The Morgan fingerprint density at radius 3 is 2.53 bits per heavy atom. The number of hydrogen-bond donors (Lipinski definition) is 1. The van der Waals surface area contributed by atoms with Crippen LogP contribution in [0.3, 0.4) is 0 Å². The van der Waals surface area contributed by atoms with Gasteiger partial charge < -0.3 is 15.2 Å². The number of methoxy groups -OCH3 is 1. The summed E-state index contributed by atoms with van der Waals surface area (Å²) in [5.41, 5.74) is 8.19. The highest BCUT2D eigenvalue weighted by molar-refractivity contribution is 6.35. The maximum atomic E-state index is 13.3. The molecule has 0 radical (unpaired) electrons. The lowest BCUT2D eigenvalue weighted by Crippen LogP contribution is -2.33. The monoisotopic (exact) mass is 443 g/mol. The number of carbonyl (C=O) groups excluding carboxylic acids is 2. The van der Waals surface area contributed by atoms with Gasteiger partial charge in [-0.25, -0.2) is 4.79 Å². The van der Waals surface area contributed by atoms with Gasteiger partial charge in [-0.15, -0.1) is 0 Å². The lowest BCUT2D eigenvalue weighted by atomic mass is 9.73. The van der Waals surface area contributed by atoms with Gasteiger partial charge in [-0.2, -0.15) is 0 Å². The molecular weight excluding hydrogens is 425 g/mol. The van der Waals surface area contributed by atoms with Gasteiger partial charge in [-0.05, 0) is 29.2 Å². The summed E-state index contributed by atoms with van der Waals surface area (Å²) >= 11 is 12.5. The predicted octanol–water partition coefficient (Wildman–Crippen LogP) is 4.85. The molecule has 1 heterocycles. The van der Waals surface area contributed by atoms with E-state index in [1.165, 1.54) is 7.11 Å². The number of hydrogen-bond acceptors (Lipinski definition) is 5. The van der Waals surface area contributed by atoms with Gasteiger partial charge in [0, 0.05) is 28.5 Å². The van der Waals surface area contributed by atoms with Crippen molar-refractivity contribution in [3.8, 4) is 0 Å². The summed E-state index contributed by atoms with van der Waals surface area (Å²) in [6.07, 6.45) is 0.782. The molecule has 0 bridgehead atoms. The van der Waals surface area contributed by atoms with Crippen LogP contribution in [-0.2, 0) is 19.1 Å². The third-order valence-corrected chi connectivity index (χ3v) is 6.05. The summed E-state index contributed by atoms with van der Waals surface area (Å²) in [6.45, 7) is 0. The first-order valence-electron chi connectivity index (χ1n) is 9.42. The number of esters is 1. The van der Waals surface area contributed by atoms with Crippen molar-refractivity contribution in [1.82, 2.24) is 0 Å². The second-order valence-electron chi connectivity index (χ2n) is 7.25. The molecular formula is C23H19Cl2NO4. The van der Waals surface area contributed by atoms with E-state index in [-0.39, 0.29) is 23.2 Å². The molecule has 2 aromatic carbocycles. The fourth-order valence-electron chi connectivity index (χ4n) is 4.12. The molecule has 2 aromatic rings. The SMILES string of the molecule is COC(=O)C1=C(N)OC2=C(C(=O)CC(c3ccccc3)C2)C1c1ccc(Cl)cc1Cl. The Kier molecular flexibility index (Phi) is 5.58. The van der Waals surface area contributed by atoms with Crippen molar-refractivity contribution in [3.63, 3.8) is 0 Å². The van der Waals surface area contributed by atoms with Gasteiger partial charge in [0.15, 0.2) is 5.78 Å². The molecule has 0 amide bonds. The van der Waals surface area contributed by atoms with E-state index in [2.05, 4.69) is 0 Å². The third kappa shape index (κ3) is 3.59. The predicted molar refractivity (Wildman–Crippen MR) is 114 cm³/mol. The van der Waals surface area contributed by atoms with Gasteiger partial charge in [-0.1, -0.05) is 59.6 Å². The zero-order chi connectivity index (χ0) is 21.4. The molecule has 2 unspecified atom stereocenters. The van der Waals surface area contributed by atoms with E-state index in [1.54, 1.807) is 18.2 Å². The Balaban J connectivity index is 1.85. The molecule has 1 aliphatic heterocycles. The zero-order valence-electron chi connectivity index (χ0n) is 16.2. The van der Waals surface area contributed by atoms with Crippen LogP contribution < -0.4 is 5.73 Å². The van der Waals surface area contributed by atoms with E-state index in [0.717, 1.165) is 5.56 Å². The molecule has 0 spiro atoms. The molecule has 2 aliphatic rings. The van der Waals surface area contributed by atoms with Crippen LogP contribution in [-0.4, -0.2) is 18.9 Å². The Labute approximate surface area is 184 Å². The molecule has 154 valence electrons. The van der Waals surface area contributed by atoms with Crippen LogP contribution in [0.5, 0.6) is 0 Å². The summed E-state index contributed by atoms with van der Waals surface area (Å²) < 4.78 is 10.7. The van der Waals surface area contributed by atoms with E-state index < -0.39 is 11.9 Å². The summed E-state index contributed by atoms with van der Waals surface area (Å²) in [5.74, 6) is -1.23. The highest BCUT2D eigenvalue weighted by atomic mass is 35.5. The van der Waals surface area contributed by atoms with Crippen molar-refractivity contribution in [2.24, 2.45) is 5.73 Å². The molecule has 1 aliphatic carbocycles. The van der Waals surface area contributed by atoms with E-state index in [9.17, 15) is 9.59 Å². The topological polar surface area (TPSA) is 78.6 Å². The number of nitrogens with two attached hydrogens (primary N) is 1. The van der Waals surface area contributed by atoms with Crippen LogP contribution in [0.15, 0.2) is 71.3 Å². The first-order valence-corrected chi connectivity index (χ1v) is 10.2. The standard InChI is InChI=1S/C23H19Cl2NO4/c1-29-23(28)21-19(15-8-7-14(24)11-16(15)25)20-17(27)9-13(10-18(20)30-22(21)26)12-5-3-2-4-6-12/h2-8,11,13,19H,9-10,26H2,1H3. The number of benzene rings is 2. The molecule has 7 heteroatoms. The van der Waals surface area contributed by atoms with Crippen molar-refractivity contribution in [1.29, 1.82) is 0 Å². The van der Waals surface area contributed by atoms with Crippen LogP contribution >= 0.6 is 23.2 Å². The molecule has 0 saturated heterocycles. The maximum absolute atomic E-state index is 13.3. The normalized spacial score (nSPS) is 21.2. The van der Waals surface area contributed by atoms with Gasteiger partial charge in [0.2, 0.25) is 5.88 Å². The van der Waals surface area contributed by atoms with Crippen LogP contribution in [0.25, 0.3) is 0 Å². The Bertz CT molecular complexity index is 1090. The summed E-state index contributed by atoms with van der Waals surface area (Å²) in [5, 5.41) is 0.772. The fraction of sp³-hybridized carbons (Fsp3) is 0.217. The molecule has 0 fully saturated rings. The zero-order valence-corrected chi connectivity index (χ0v) is 17.7. The molecule has 5 nitrogen and oxygen atoms in total. The Hall–Kier alpha value is -2.76. The highest BCUT2D eigenvalue weighted by Crippen LogP contribution is 2.48. The molecule has 2 atom stereocenters. The highest BCUT2D eigenvalue weighted by Gasteiger charge is 2.43. The summed E-state index contributed by atoms with van der Waals surface area (Å²) in [7, 11) is 1.25. The minimum atomic E-state index is -0.782. The second-order valence-corrected chi connectivity index (χ2v) is 8.09. The second kappa shape index (κ2) is 8.17. The number of halogens is 2.